The highest BCUT2D eigenvalue weighted by atomic mass is 32.1. The Labute approximate surface area is 147 Å². The average Bonchev–Trinajstić information content (AvgIpc) is 3.05. The number of hydrogen-bond acceptors (Lipinski definition) is 6. The van der Waals surface area contributed by atoms with Gasteiger partial charge in [-0.2, -0.15) is 9.36 Å². The van der Waals surface area contributed by atoms with Crippen LogP contribution in [-0.4, -0.2) is 26.6 Å². The Hall–Kier alpha value is -3.08. The van der Waals surface area contributed by atoms with Gasteiger partial charge in [0, 0.05) is 17.7 Å². The lowest BCUT2D eigenvalue weighted by molar-refractivity contribution is -0.275. The molecule has 1 aromatic carbocycles. The topological polar surface area (TPSA) is 77.0 Å². The molecule has 0 unspecified atom stereocenters. The van der Waals surface area contributed by atoms with Crippen LogP contribution >= 0.6 is 11.5 Å². The number of pyridine rings is 1. The predicted molar refractivity (Wildman–Crippen MR) is 84.2 cm³/mol. The van der Waals surface area contributed by atoms with E-state index in [4.69, 9.17) is 0 Å². The number of alkyl halides is 3. The molecule has 0 aliphatic rings. The lowest BCUT2D eigenvalue weighted by atomic mass is 10.2. The summed E-state index contributed by atoms with van der Waals surface area (Å²) in [5, 5.41) is 2.32. The van der Waals surface area contributed by atoms with Gasteiger partial charge in [0.2, 0.25) is 5.13 Å². The standard InChI is InChI=1S/C15H8F4N4O2S/c16-11-8(4-3-6-10(11)25-15(17,18)19)13(24)22-14-21-12(23-26-14)9-5-1-2-7-20-9/h1-7H,(H,21,22,23,24). The van der Waals surface area contributed by atoms with Crippen molar-refractivity contribution in [1.29, 1.82) is 0 Å². The van der Waals surface area contributed by atoms with E-state index < -0.39 is 29.4 Å². The molecule has 0 radical (unpaired) electrons. The number of carbonyl (C=O) groups is 1. The summed E-state index contributed by atoms with van der Waals surface area (Å²) in [7, 11) is 0. The number of carbonyl (C=O) groups excluding carboxylic acids is 1. The van der Waals surface area contributed by atoms with Crippen LogP contribution in [0.25, 0.3) is 11.5 Å². The van der Waals surface area contributed by atoms with Crippen molar-refractivity contribution in [3.63, 3.8) is 0 Å². The van der Waals surface area contributed by atoms with E-state index in [2.05, 4.69) is 24.4 Å². The van der Waals surface area contributed by atoms with E-state index in [9.17, 15) is 22.4 Å². The zero-order chi connectivity index (χ0) is 18.7. The van der Waals surface area contributed by atoms with Crippen LogP contribution in [0.2, 0.25) is 0 Å². The van der Waals surface area contributed by atoms with Gasteiger partial charge in [-0.1, -0.05) is 12.1 Å². The number of amides is 1. The third-order valence-corrected chi connectivity index (χ3v) is 3.60. The predicted octanol–water partition coefficient (Wildman–Crippen LogP) is 3.89. The molecule has 0 saturated carbocycles. The van der Waals surface area contributed by atoms with Gasteiger partial charge in [0.05, 0.1) is 5.56 Å². The first-order chi connectivity index (χ1) is 12.3. The van der Waals surface area contributed by atoms with Crippen molar-refractivity contribution in [3.05, 3.63) is 54.0 Å². The molecule has 0 aliphatic carbocycles. The van der Waals surface area contributed by atoms with Gasteiger partial charge in [0.25, 0.3) is 5.91 Å². The summed E-state index contributed by atoms with van der Waals surface area (Å²) in [6.07, 6.45) is -3.54. The van der Waals surface area contributed by atoms with E-state index in [1.165, 1.54) is 6.20 Å². The Kier molecular flexibility index (Phi) is 4.80. The third kappa shape index (κ3) is 4.11. The van der Waals surface area contributed by atoms with E-state index in [1.807, 2.05) is 0 Å². The number of hydrogen-bond donors (Lipinski definition) is 1. The Morgan fingerprint density at radius 1 is 1.15 bits per heavy atom. The first-order valence-electron chi connectivity index (χ1n) is 6.94. The Balaban J connectivity index is 1.79. The van der Waals surface area contributed by atoms with Crippen molar-refractivity contribution in [2.45, 2.75) is 6.36 Å². The molecule has 26 heavy (non-hydrogen) atoms. The van der Waals surface area contributed by atoms with Crippen molar-refractivity contribution >= 4 is 22.6 Å². The number of benzene rings is 1. The fourth-order valence-electron chi connectivity index (χ4n) is 1.93. The molecule has 0 fully saturated rings. The Bertz CT molecular complexity index is 931. The van der Waals surface area contributed by atoms with Gasteiger partial charge in [-0.05, 0) is 24.3 Å². The summed E-state index contributed by atoms with van der Waals surface area (Å²) in [6, 6.07) is 7.95. The van der Waals surface area contributed by atoms with Crippen LogP contribution < -0.4 is 10.1 Å². The van der Waals surface area contributed by atoms with Crippen molar-refractivity contribution < 1.29 is 27.1 Å². The van der Waals surface area contributed by atoms with Crippen LogP contribution in [-0.2, 0) is 0 Å². The molecular formula is C15H8F4N4O2S. The maximum absolute atomic E-state index is 14.1. The first kappa shape index (κ1) is 17.7. The number of nitrogens with one attached hydrogen (secondary N) is 1. The number of halogens is 4. The van der Waals surface area contributed by atoms with Crippen molar-refractivity contribution in [2.24, 2.45) is 0 Å². The fraction of sp³-hybridized carbons (Fsp3) is 0.0667. The van der Waals surface area contributed by atoms with Crippen LogP contribution in [0.3, 0.4) is 0 Å². The third-order valence-electron chi connectivity index (χ3n) is 2.97. The lowest BCUT2D eigenvalue weighted by Gasteiger charge is -2.11. The number of ether oxygens (including phenoxy) is 1. The maximum Gasteiger partial charge on any atom is 0.573 e. The summed E-state index contributed by atoms with van der Waals surface area (Å²) in [5.74, 6) is -3.27. The normalized spacial score (nSPS) is 11.2. The molecule has 134 valence electrons. The maximum atomic E-state index is 14.1. The molecule has 2 aromatic heterocycles. The second kappa shape index (κ2) is 7.04. The molecule has 1 N–H and O–H groups in total. The lowest BCUT2D eigenvalue weighted by Crippen LogP contribution is -2.20. The molecule has 0 bridgehead atoms. The molecule has 0 atom stereocenters. The minimum Gasteiger partial charge on any atom is -0.403 e. The van der Waals surface area contributed by atoms with Gasteiger partial charge in [-0.15, -0.1) is 13.2 Å². The summed E-state index contributed by atoms with van der Waals surface area (Å²) in [6.45, 7) is 0. The minimum atomic E-state index is -5.08. The largest absolute Gasteiger partial charge is 0.573 e. The van der Waals surface area contributed by atoms with Gasteiger partial charge in [0.1, 0.15) is 5.69 Å². The first-order valence-corrected chi connectivity index (χ1v) is 7.71. The fourth-order valence-corrected chi connectivity index (χ4v) is 2.50. The van der Waals surface area contributed by atoms with Crippen molar-refractivity contribution in [3.8, 4) is 17.3 Å². The summed E-state index contributed by atoms with van der Waals surface area (Å²) in [5.41, 5.74) is -0.155. The summed E-state index contributed by atoms with van der Waals surface area (Å²) >= 11 is 0.821. The molecule has 2 heterocycles. The second-order valence-corrected chi connectivity index (χ2v) is 5.51. The van der Waals surface area contributed by atoms with Gasteiger partial charge in [-0.3, -0.25) is 15.1 Å². The number of nitrogens with zero attached hydrogens (tertiary/aromatic N) is 3. The van der Waals surface area contributed by atoms with E-state index in [0.29, 0.717) is 5.69 Å². The highest BCUT2D eigenvalue weighted by Crippen LogP contribution is 2.28. The van der Waals surface area contributed by atoms with Crippen molar-refractivity contribution in [1.82, 2.24) is 14.3 Å². The summed E-state index contributed by atoms with van der Waals surface area (Å²) in [4.78, 5) is 20.2. The molecule has 6 nitrogen and oxygen atoms in total. The molecule has 0 spiro atoms. The van der Waals surface area contributed by atoms with E-state index >= 15 is 0 Å². The SMILES string of the molecule is O=C(Nc1nc(-c2ccccn2)ns1)c1cccc(OC(F)(F)F)c1F. The van der Waals surface area contributed by atoms with E-state index in [1.54, 1.807) is 18.2 Å². The number of rotatable bonds is 4. The van der Waals surface area contributed by atoms with Gasteiger partial charge in [-0.25, -0.2) is 4.39 Å². The molecule has 0 aliphatic heterocycles. The van der Waals surface area contributed by atoms with Gasteiger partial charge >= 0.3 is 6.36 Å². The molecule has 3 aromatic rings. The molecule has 1 amide bonds. The van der Waals surface area contributed by atoms with Crippen LogP contribution in [0.15, 0.2) is 42.6 Å². The Morgan fingerprint density at radius 3 is 2.65 bits per heavy atom. The quantitative estimate of drug-likeness (QED) is 0.691. The highest BCUT2D eigenvalue weighted by molar-refractivity contribution is 7.10. The van der Waals surface area contributed by atoms with Crippen LogP contribution in [0.5, 0.6) is 5.75 Å². The zero-order valence-electron chi connectivity index (χ0n) is 12.6. The van der Waals surface area contributed by atoms with E-state index in [-0.39, 0.29) is 11.0 Å². The van der Waals surface area contributed by atoms with Crippen molar-refractivity contribution in [2.75, 3.05) is 5.32 Å². The monoisotopic (exact) mass is 384 g/mol. The smallest absolute Gasteiger partial charge is 0.403 e. The molecule has 3 rings (SSSR count). The van der Waals surface area contributed by atoms with E-state index in [0.717, 1.165) is 29.7 Å². The molecular weight excluding hydrogens is 376 g/mol. The number of aromatic nitrogens is 3. The molecule has 0 saturated heterocycles. The zero-order valence-corrected chi connectivity index (χ0v) is 13.4. The number of anilines is 1. The van der Waals surface area contributed by atoms with Crippen LogP contribution in [0.1, 0.15) is 10.4 Å². The molecule has 11 heteroatoms. The Morgan fingerprint density at radius 2 is 1.96 bits per heavy atom. The minimum absolute atomic E-state index is 0.0391. The second-order valence-electron chi connectivity index (χ2n) is 4.76. The highest BCUT2D eigenvalue weighted by Gasteiger charge is 2.33. The van der Waals surface area contributed by atoms with Crippen LogP contribution in [0, 0.1) is 5.82 Å². The van der Waals surface area contributed by atoms with Gasteiger partial charge in [0.15, 0.2) is 17.4 Å². The van der Waals surface area contributed by atoms with Gasteiger partial charge < -0.3 is 4.74 Å². The summed E-state index contributed by atoms with van der Waals surface area (Å²) < 4.78 is 58.4. The average molecular weight is 384 g/mol. The van der Waals surface area contributed by atoms with Crippen LogP contribution in [0.4, 0.5) is 22.7 Å².